The highest BCUT2D eigenvalue weighted by Crippen LogP contribution is 2.25. The van der Waals surface area contributed by atoms with Crippen LogP contribution in [0.15, 0.2) is 24.3 Å². The molecule has 0 spiro atoms. The summed E-state index contributed by atoms with van der Waals surface area (Å²) in [4.78, 5) is 12.1. The van der Waals surface area contributed by atoms with Gasteiger partial charge in [-0.1, -0.05) is 42.6 Å². The topological polar surface area (TPSA) is 29.1 Å². The number of benzene rings is 1. The molecule has 104 valence electrons. The van der Waals surface area contributed by atoms with Crippen LogP contribution in [0.5, 0.6) is 0 Å². The summed E-state index contributed by atoms with van der Waals surface area (Å²) in [5.74, 6) is 1.07. The normalized spacial score (nSPS) is 23.1. The zero-order chi connectivity index (χ0) is 13.7. The van der Waals surface area contributed by atoms with Crippen LogP contribution in [-0.2, 0) is 11.2 Å². The first-order valence-corrected chi connectivity index (χ1v) is 7.70. The molecule has 0 aromatic heterocycles. The Balaban J connectivity index is 1.92. The van der Waals surface area contributed by atoms with E-state index in [1.54, 1.807) is 0 Å². The molecule has 2 rings (SSSR count). The van der Waals surface area contributed by atoms with Gasteiger partial charge in [0.05, 0.1) is 6.42 Å². The molecule has 2 unspecified atom stereocenters. The molecule has 0 aliphatic heterocycles. The molecule has 1 aromatic carbocycles. The molecule has 1 fully saturated rings. The predicted molar refractivity (Wildman–Crippen MR) is 79.8 cm³/mol. The van der Waals surface area contributed by atoms with Crippen LogP contribution in [0.1, 0.15) is 31.2 Å². The van der Waals surface area contributed by atoms with Crippen LogP contribution in [0.4, 0.5) is 0 Å². The number of amides is 1. The van der Waals surface area contributed by atoms with Gasteiger partial charge in [-0.25, -0.2) is 0 Å². The number of rotatable bonds is 4. The zero-order valence-electron chi connectivity index (χ0n) is 10.9. The molecule has 0 bridgehead atoms. The van der Waals surface area contributed by atoms with Gasteiger partial charge in [0.15, 0.2) is 0 Å². The molecule has 1 amide bonds. The summed E-state index contributed by atoms with van der Waals surface area (Å²) in [5, 5.41) is 3.76. The third-order valence-electron chi connectivity index (χ3n) is 3.76. The Kier molecular flexibility index (Phi) is 5.53. The highest BCUT2D eigenvalue weighted by Gasteiger charge is 2.25. The van der Waals surface area contributed by atoms with Gasteiger partial charge in [0, 0.05) is 16.9 Å². The van der Waals surface area contributed by atoms with Gasteiger partial charge in [-0.3, -0.25) is 4.79 Å². The average Bonchev–Trinajstić information content (AvgIpc) is 2.42. The van der Waals surface area contributed by atoms with E-state index in [0.717, 1.165) is 18.4 Å². The summed E-state index contributed by atoms with van der Waals surface area (Å²) in [7, 11) is 0. The van der Waals surface area contributed by atoms with Crippen molar-refractivity contribution in [3.8, 4) is 0 Å². The number of alkyl halides is 1. The lowest BCUT2D eigenvalue weighted by Crippen LogP contribution is -2.43. The van der Waals surface area contributed by atoms with Crippen LogP contribution < -0.4 is 5.32 Å². The summed E-state index contributed by atoms with van der Waals surface area (Å²) < 4.78 is 0. The second-order valence-electron chi connectivity index (χ2n) is 5.14. The Bertz CT molecular complexity index is 436. The first-order chi connectivity index (χ1) is 9.20. The van der Waals surface area contributed by atoms with Crippen LogP contribution in [0, 0.1) is 5.92 Å². The predicted octanol–water partition coefficient (Wildman–Crippen LogP) is 3.80. The Labute approximate surface area is 124 Å². The second-order valence-corrected chi connectivity index (χ2v) is 5.86. The second kappa shape index (κ2) is 7.16. The van der Waals surface area contributed by atoms with E-state index < -0.39 is 0 Å². The van der Waals surface area contributed by atoms with E-state index in [-0.39, 0.29) is 11.9 Å². The monoisotopic (exact) mass is 299 g/mol. The fraction of sp³-hybridized carbons (Fsp3) is 0.533. The smallest absolute Gasteiger partial charge is 0.224 e. The molecule has 2 nitrogen and oxygen atoms in total. The van der Waals surface area contributed by atoms with Gasteiger partial charge < -0.3 is 5.32 Å². The van der Waals surface area contributed by atoms with Gasteiger partial charge in [-0.15, -0.1) is 11.6 Å². The number of nitrogens with one attached hydrogen (secondary N) is 1. The lowest BCUT2D eigenvalue weighted by atomic mass is 9.85. The van der Waals surface area contributed by atoms with E-state index in [4.69, 9.17) is 23.2 Å². The fourth-order valence-electron chi connectivity index (χ4n) is 2.65. The Hall–Kier alpha value is -0.730. The van der Waals surface area contributed by atoms with Crippen LogP contribution in [0.25, 0.3) is 0 Å². The Morgan fingerprint density at radius 2 is 2.00 bits per heavy atom. The first kappa shape index (κ1) is 14.7. The molecule has 0 radical (unpaired) electrons. The van der Waals surface area contributed by atoms with Crippen LogP contribution in [-0.4, -0.2) is 17.8 Å². The summed E-state index contributed by atoms with van der Waals surface area (Å²) >= 11 is 12.0. The molecule has 0 saturated heterocycles. The minimum absolute atomic E-state index is 0.0371. The SMILES string of the molecule is O=C(Cc1ccccc1Cl)NC1CCCCC1CCl. The van der Waals surface area contributed by atoms with Crippen molar-refractivity contribution in [1.82, 2.24) is 5.32 Å². The van der Waals surface area contributed by atoms with Crippen LogP contribution >= 0.6 is 23.2 Å². The third kappa shape index (κ3) is 4.12. The molecule has 2 atom stereocenters. The maximum atomic E-state index is 12.1. The van der Waals surface area contributed by atoms with Crippen LogP contribution in [0.2, 0.25) is 5.02 Å². The molecular formula is C15H19Cl2NO. The molecule has 1 N–H and O–H groups in total. The summed E-state index contributed by atoms with van der Waals surface area (Å²) in [6, 6.07) is 7.69. The molecule has 1 aliphatic carbocycles. The minimum Gasteiger partial charge on any atom is -0.353 e. The van der Waals surface area contributed by atoms with Crippen LogP contribution in [0.3, 0.4) is 0 Å². The van der Waals surface area contributed by atoms with Gasteiger partial charge in [0.1, 0.15) is 0 Å². The van der Waals surface area contributed by atoms with Crippen molar-refractivity contribution in [3.05, 3.63) is 34.9 Å². The fourth-order valence-corrected chi connectivity index (χ4v) is 3.23. The van der Waals surface area contributed by atoms with E-state index in [9.17, 15) is 4.79 Å². The highest BCUT2D eigenvalue weighted by atomic mass is 35.5. The number of carbonyl (C=O) groups is 1. The zero-order valence-corrected chi connectivity index (χ0v) is 12.4. The van der Waals surface area contributed by atoms with Gasteiger partial charge in [-0.2, -0.15) is 0 Å². The van der Waals surface area contributed by atoms with Gasteiger partial charge in [-0.05, 0) is 30.4 Å². The van der Waals surface area contributed by atoms with Crippen molar-refractivity contribution in [1.29, 1.82) is 0 Å². The Morgan fingerprint density at radius 1 is 1.26 bits per heavy atom. The summed E-state index contributed by atoms with van der Waals surface area (Å²) in [5.41, 5.74) is 0.875. The largest absolute Gasteiger partial charge is 0.353 e. The molecular weight excluding hydrogens is 281 g/mol. The Morgan fingerprint density at radius 3 is 2.74 bits per heavy atom. The lowest BCUT2D eigenvalue weighted by molar-refractivity contribution is -0.121. The quantitative estimate of drug-likeness (QED) is 0.842. The van der Waals surface area contributed by atoms with Gasteiger partial charge >= 0.3 is 0 Å². The van der Waals surface area contributed by atoms with Crippen molar-refractivity contribution >= 4 is 29.1 Å². The highest BCUT2D eigenvalue weighted by molar-refractivity contribution is 6.31. The number of hydrogen-bond acceptors (Lipinski definition) is 1. The average molecular weight is 300 g/mol. The van der Waals surface area contributed by atoms with E-state index in [0.29, 0.717) is 23.2 Å². The maximum Gasteiger partial charge on any atom is 0.224 e. The van der Waals surface area contributed by atoms with Gasteiger partial charge in [0.2, 0.25) is 5.91 Å². The summed E-state index contributed by atoms with van der Waals surface area (Å²) in [6.45, 7) is 0. The first-order valence-electron chi connectivity index (χ1n) is 6.79. The molecule has 1 aliphatic rings. The molecule has 1 saturated carbocycles. The number of carbonyl (C=O) groups excluding carboxylic acids is 1. The standard InChI is InChI=1S/C15H19Cl2NO/c16-10-12-6-2-4-8-14(12)18-15(19)9-11-5-1-3-7-13(11)17/h1,3,5,7,12,14H,2,4,6,8-10H2,(H,18,19). The lowest BCUT2D eigenvalue weighted by Gasteiger charge is -2.30. The van der Waals surface area contributed by atoms with Crippen molar-refractivity contribution in [2.75, 3.05) is 5.88 Å². The summed E-state index contributed by atoms with van der Waals surface area (Å²) in [6.07, 6.45) is 4.87. The van der Waals surface area contributed by atoms with Crippen molar-refractivity contribution < 1.29 is 4.79 Å². The number of hydrogen-bond donors (Lipinski definition) is 1. The third-order valence-corrected chi connectivity index (χ3v) is 4.53. The molecule has 4 heteroatoms. The molecule has 0 heterocycles. The maximum absolute atomic E-state index is 12.1. The molecule has 19 heavy (non-hydrogen) atoms. The van der Waals surface area contributed by atoms with Crippen molar-refractivity contribution in [2.24, 2.45) is 5.92 Å². The van der Waals surface area contributed by atoms with Crippen molar-refractivity contribution in [2.45, 2.75) is 38.1 Å². The van der Waals surface area contributed by atoms with E-state index >= 15 is 0 Å². The van der Waals surface area contributed by atoms with Gasteiger partial charge in [0.25, 0.3) is 0 Å². The van der Waals surface area contributed by atoms with Crippen molar-refractivity contribution in [3.63, 3.8) is 0 Å². The molecule has 1 aromatic rings. The minimum atomic E-state index is 0.0371. The van der Waals surface area contributed by atoms with E-state index in [1.807, 2.05) is 24.3 Å². The van der Waals surface area contributed by atoms with E-state index in [1.165, 1.54) is 12.8 Å². The van der Waals surface area contributed by atoms with E-state index in [2.05, 4.69) is 5.32 Å². The number of halogens is 2.